The Morgan fingerprint density at radius 3 is 1.43 bits per heavy atom. The molecule has 1 aliphatic carbocycles. The third kappa shape index (κ3) is 2.62. The molecule has 1 aliphatic rings. The minimum absolute atomic E-state index is 0.0516. The molecule has 2 aromatic carbocycles. The highest BCUT2D eigenvalue weighted by molar-refractivity contribution is 7.60. The Labute approximate surface area is 120 Å². The Kier molecular flexibility index (Phi) is 3.22. The summed E-state index contributed by atoms with van der Waals surface area (Å²) in [5.41, 5.74) is 3.15. The second-order valence-corrected chi connectivity index (χ2v) is 8.16. The summed E-state index contributed by atoms with van der Waals surface area (Å²) in [6, 6.07) is 8.93. The van der Waals surface area contributed by atoms with Crippen molar-refractivity contribution in [2.24, 2.45) is 0 Å². The molecule has 110 valence electrons. The van der Waals surface area contributed by atoms with Crippen molar-refractivity contribution < 1.29 is 28.7 Å². The number of rotatable bonds is 2. The van der Waals surface area contributed by atoms with Crippen molar-refractivity contribution in [2.45, 2.75) is 6.42 Å². The van der Waals surface area contributed by atoms with E-state index in [1.807, 2.05) is 0 Å². The summed E-state index contributed by atoms with van der Waals surface area (Å²) in [6.45, 7) is 0. The molecule has 0 aliphatic heterocycles. The van der Waals surface area contributed by atoms with Crippen LogP contribution in [0.25, 0.3) is 11.1 Å². The maximum Gasteiger partial charge on any atom is 0.356 e. The van der Waals surface area contributed by atoms with Crippen molar-refractivity contribution in [3.8, 4) is 11.1 Å². The molecular weight excluding hydrogens is 314 g/mol. The van der Waals surface area contributed by atoms with Crippen LogP contribution in [0.2, 0.25) is 0 Å². The quantitative estimate of drug-likeness (QED) is 0.519. The third-order valence-corrected chi connectivity index (χ3v) is 5.42. The molecule has 2 aromatic rings. The first-order valence-corrected chi connectivity index (χ1v) is 9.27. The van der Waals surface area contributed by atoms with Gasteiger partial charge < -0.3 is 19.6 Å². The molecule has 0 saturated heterocycles. The molecular formula is C13H12O6P2. The van der Waals surface area contributed by atoms with Crippen LogP contribution in [-0.4, -0.2) is 19.6 Å². The summed E-state index contributed by atoms with van der Waals surface area (Å²) < 4.78 is 22.6. The van der Waals surface area contributed by atoms with Crippen molar-refractivity contribution in [3.05, 3.63) is 47.5 Å². The SMILES string of the molecule is O=P(O)(O)c1ccc2c(c1)Cc1cc(P(=O)(O)O)ccc1-2. The van der Waals surface area contributed by atoms with E-state index >= 15 is 0 Å². The van der Waals surface area contributed by atoms with Crippen LogP contribution in [-0.2, 0) is 15.6 Å². The van der Waals surface area contributed by atoms with E-state index in [4.69, 9.17) is 0 Å². The van der Waals surface area contributed by atoms with Gasteiger partial charge in [0.25, 0.3) is 0 Å². The zero-order valence-electron chi connectivity index (χ0n) is 10.7. The predicted octanol–water partition coefficient (Wildman–Crippen LogP) is 0.864. The Hall–Kier alpha value is -1.26. The smallest absolute Gasteiger partial charge is 0.321 e. The zero-order valence-corrected chi connectivity index (χ0v) is 12.5. The Morgan fingerprint density at radius 2 is 1.10 bits per heavy atom. The first-order chi connectivity index (χ1) is 9.66. The van der Waals surface area contributed by atoms with E-state index in [-0.39, 0.29) is 10.6 Å². The molecule has 0 amide bonds. The van der Waals surface area contributed by atoms with E-state index in [1.165, 1.54) is 24.3 Å². The van der Waals surface area contributed by atoms with Crippen molar-refractivity contribution in [1.82, 2.24) is 0 Å². The standard InChI is InChI=1S/C13H12O6P2/c14-20(15,16)10-1-3-12-8(6-10)5-9-7-11(21(17,18)19)2-4-13(9)12/h1-4,6-7H,5H2,(H2,14,15,16)(H2,17,18,19). The monoisotopic (exact) mass is 326 g/mol. The topological polar surface area (TPSA) is 115 Å². The molecule has 0 radical (unpaired) electrons. The molecule has 0 bridgehead atoms. The van der Waals surface area contributed by atoms with Crippen molar-refractivity contribution in [3.63, 3.8) is 0 Å². The summed E-state index contributed by atoms with van der Waals surface area (Å²) in [4.78, 5) is 36.8. The summed E-state index contributed by atoms with van der Waals surface area (Å²) in [5, 5.41) is -0.103. The lowest BCUT2D eigenvalue weighted by molar-refractivity contribution is 0.385. The van der Waals surface area contributed by atoms with Crippen LogP contribution in [0.3, 0.4) is 0 Å². The second kappa shape index (κ2) is 4.62. The molecule has 0 heterocycles. The van der Waals surface area contributed by atoms with Crippen LogP contribution < -0.4 is 10.6 Å². The lowest BCUT2D eigenvalue weighted by atomic mass is 10.1. The minimum atomic E-state index is -4.31. The number of hydrogen-bond donors (Lipinski definition) is 4. The van der Waals surface area contributed by atoms with Gasteiger partial charge in [-0.1, -0.05) is 12.1 Å². The first-order valence-electron chi connectivity index (χ1n) is 6.05. The van der Waals surface area contributed by atoms with Gasteiger partial charge in [-0.2, -0.15) is 0 Å². The predicted molar refractivity (Wildman–Crippen MR) is 78.0 cm³/mol. The Bertz CT molecular complexity index is 763. The van der Waals surface area contributed by atoms with Crippen LogP contribution in [0.5, 0.6) is 0 Å². The van der Waals surface area contributed by atoms with Crippen LogP contribution in [0.4, 0.5) is 0 Å². The molecule has 0 saturated carbocycles. The van der Waals surface area contributed by atoms with Gasteiger partial charge in [-0.05, 0) is 52.9 Å². The highest BCUT2D eigenvalue weighted by Gasteiger charge is 2.26. The van der Waals surface area contributed by atoms with Gasteiger partial charge in [0.05, 0.1) is 10.6 Å². The average molecular weight is 326 g/mol. The van der Waals surface area contributed by atoms with Crippen LogP contribution >= 0.6 is 15.2 Å². The Morgan fingerprint density at radius 1 is 0.714 bits per heavy atom. The normalized spacial score (nSPS) is 13.9. The van der Waals surface area contributed by atoms with Gasteiger partial charge in [-0.15, -0.1) is 0 Å². The van der Waals surface area contributed by atoms with Gasteiger partial charge in [0.15, 0.2) is 0 Å². The highest BCUT2D eigenvalue weighted by Crippen LogP contribution is 2.41. The van der Waals surface area contributed by atoms with Gasteiger partial charge in [0, 0.05) is 0 Å². The fourth-order valence-corrected chi connectivity index (χ4v) is 3.73. The summed E-state index contributed by atoms with van der Waals surface area (Å²) in [5.74, 6) is 0. The highest BCUT2D eigenvalue weighted by atomic mass is 31.2. The molecule has 4 N–H and O–H groups in total. The van der Waals surface area contributed by atoms with Crippen molar-refractivity contribution in [1.29, 1.82) is 0 Å². The second-order valence-electron chi connectivity index (χ2n) is 4.95. The van der Waals surface area contributed by atoms with Crippen molar-refractivity contribution in [2.75, 3.05) is 0 Å². The van der Waals surface area contributed by atoms with E-state index in [0.717, 1.165) is 22.3 Å². The molecule has 3 rings (SSSR count). The van der Waals surface area contributed by atoms with Crippen LogP contribution in [0.15, 0.2) is 36.4 Å². The van der Waals surface area contributed by atoms with E-state index in [0.29, 0.717) is 6.42 Å². The van der Waals surface area contributed by atoms with E-state index in [2.05, 4.69) is 0 Å². The number of benzene rings is 2. The van der Waals surface area contributed by atoms with Gasteiger partial charge in [-0.25, -0.2) is 0 Å². The van der Waals surface area contributed by atoms with E-state index in [9.17, 15) is 28.7 Å². The van der Waals surface area contributed by atoms with Gasteiger partial charge in [-0.3, -0.25) is 9.13 Å². The summed E-state index contributed by atoms with van der Waals surface area (Å²) in [7, 11) is -8.61. The molecule has 6 nitrogen and oxygen atoms in total. The van der Waals surface area contributed by atoms with E-state index < -0.39 is 15.2 Å². The fourth-order valence-electron chi connectivity index (χ4n) is 2.55. The third-order valence-electron chi connectivity index (χ3n) is 3.52. The van der Waals surface area contributed by atoms with Gasteiger partial charge in [0.2, 0.25) is 0 Å². The summed E-state index contributed by atoms with van der Waals surface area (Å²) >= 11 is 0. The molecule has 0 atom stereocenters. The molecule has 0 aromatic heterocycles. The van der Waals surface area contributed by atoms with Gasteiger partial charge in [0.1, 0.15) is 0 Å². The molecule has 0 unspecified atom stereocenters. The summed E-state index contributed by atoms with van der Waals surface area (Å²) in [6.07, 6.45) is 0.395. The lowest BCUT2D eigenvalue weighted by Gasteiger charge is -2.07. The van der Waals surface area contributed by atoms with Crippen LogP contribution in [0.1, 0.15) is 11.1 Å². The van der Waals surface area contributed by atoms with Gasteiger partial charge >= 0.3 is 15.2 Å². The van der Waals surface area contributed by atoms with E-state index in [1.54, 1.807) is 12.1 Å². The molecule has 8 heteroatoms. The molecule has 0 spiro atoms. The fraction of sp³-hybridized carbons (Fsp3) is 0.0769. The van der Waals surface area contributed by atoms with Crippen LogP contribution in [0, 0.1) is 0 Å². The number of hydrogen-bond acceptors (Lipinski definition) is 2. The van der Waals surface area contributed by atoms with Crippen molar-refractivity contribution >= 4 is 25.8 Å². The largest absolute Gasteiger partial charge is 0.356 e. The average Bonchev–Trinajstić information content (AvgIpc) is 2.73. The maximum atomic E-state index is 11.3. The Balaban J connectivity index is 2.10. The zero-order chi connectivity index (χ0) is 15.4. The molecule has 0 fully saturated rings. The lowest BCUT2D eigenvalue weighted by Crippen LogP contribution is -2.04. The minimum Gasteiger partial charge on any atom is -0.321 e. The number of fused-ring (bicyclic) bond motifs is 3. The first kappa shape index (κ1) is 14.7. The maximum absolute atomic E-state index is 11.3. The molecule has 21 heavy (non-hydrogen) atoms.